The Morgan fingerprint density at radius 2 is 1.80 bits per heavy atom. The number of aliphatic hydroxyl groups excluding tert-OH is 1. The van der Waals surface area contributed by atoms with Crippen LogP contribution in [-0.4, -0.2) is 53.2 Å². The molecule has 6 heteroatoms. The summed E-state index contributed by atoms with van der Waals surface area (Å²) in [5.74, 6) is 2.72. The quantitative estimate of drug-likeness (QED) is 0.338. The van der Waals surface area contributed by atoms with E-state index >= 15 is 0 Å². The normalized spacial score (nSPS) is 42.3. The molecule has 0 saturated heterocycles. The summed E-state index contributed by atoms with van der Waals surface area (Å²) in [4.78, 5) is 0. The summed E-state index contributed by atoms with van der Waals surface area (Å²) >= 11 is 5.76. The van der Waals surface area contributed by atoms with E-state index in [9.17, 15) is 5.11 Å². The fraction of sp³-hybridized carbons (Fsp3) is 0.895. The predicted octanol–water partition coefficient (Wildman–Crippen LogP) is 3.13. The van der Waals surface area contributed by atoms with Gasteiger partial charge in [-0.25, -0.2) is 0 Å². The molecule has 0 aromatic rings. The number of aliphatic hydroxyl groups is 1. The third-order valence-electron chi connectivity index (χ3n) is 6.61. The first-order valence-electron chi connectivity index (χ1n) is 9.91. The molecule has 3 N–H and O–H groups in total. The molecule has 0 radical (unpaired) electrons. The molecule has 0 spiro atoms. The van der Waals surface area contributed by atoms with Gasteiger partial charge in [0.1, 0.15) is 12.8 Å². The lowest BCUT2D eigenvalue weighted by Crippen LogP contribution is -2.47. The number of fused-ring (bicyclic) bond motifs is 1. The molecule has 0 amide bonds. The van der Waals surface area contributed by atoms with Crippen molar-refractivity contribution in [2.75, 3.05) is 6.54 Å². The lowest BCUT2D eigenvalue weighted by atomic mass is 9.66. The summed E-state index contributed by atoms with van der Waals surface area (Å²) in [5, 5.41) is 19.9. The largest absolute Gasteiger partial charge is 0.391 e. The second-order valence-corrected chi connectivity index (χ2v) is 8.56. The highest BCUT2D eigenvalue weighted by Crippen LogP contribution is 2.43. The minimum Gasteiger partial charge on any atom is -0.391 e. The molecule has 142 valence electrons. The van der Waals surface area contributed by atoms with Gasteiger partial charge in [0.2, 0.25) is 0 Å². The Balaban J connectivity index is 1.64. The summed E-state index contributed by atoms with van der Waals surface area (Å²) in [6.07, 6.45) is 9.15. The number of hydrogen-bond donors (Lipinski definition) is 2. The van der Waals surface area contributed by atoms with Crippen LogP contribution in [0.4, 0.5) is 0 Å². The molecule has 0 bridgehead atoms. The zero-order valence-electron chi connectivity index (χ0n) is 15.1. The number of rotatable bonds is 5. The summed E-state index contributed by atoms with van der Waals surface area (Å²) in [5.41, 5.74) is 5.98. The van der Waals surface area contributed by atoms with Crippen LogP contribution >= 0.6 is 11.6 Å². The van der Waals surface area contributed by atoms with Gasteiger partial charge in [-0.1, -0.05) is 0 Å². The first-order valence-corrected chi connectivity index (χ1v) is 10.3. The number of hydrogen-bond acceptors (Lipinski definition) is 4. The molecular formula is C19H33ClN4O. The predicted molar refractivity (Wildman–Crippen MR) is 101 cm³/mol. The molecule has 5 atom stereocenters. The van der Waals surface area contributed by atoms with Crippen molar-refractivity contribution in [2.45, 2.75) is 88.1 Å². The van der Waals surface area contributed by atoms with Crippen molar-refractivity contribution in [1.29, 1.82) is 0 Å². The second-order valence-electron chi connectivity index (χ2n) is 8.25. The minimum absolute atomic E-state index is 0.0504. The molecule has 0 aromatic heterocycles. The van der Waals surface area contributed by atoms with Crippen LogP contribution in [0.1, 0.15) is 57.8 Å². The summed E-state index contributed by atoms with van der Waals surface area (Å²) in [7, 11) is 0. The highest BCUT2D eigenvalue weighted by Gasteiger charge is 2.44. The summed E-state index contributed by atoms with van der Waals surface area (Å²) in [6.45, 7) is 4.84. The average molecular weight is 369 g/mol. The van der Waals surface area contributed by atoms with Gasteiger partial charge in [0, 0.05) is 25.4 Å². The third-order valence-corrected chi connectivity index (χ3v) is 6.75. The number of nitrogens with zero attached hydrogens (tertiary/aromatic N) is 3. The first-order chi connectivity index (χ1) is 12.1. The maximum Gasteiger partial charge on any atom is 0.149 e. The van der Waals surface area contributed by atoms with Gasteiger partial charge in [0.15, 0.2) is 0 Å². The van der Waals surface area contributed by atoms with Crippen LogP contribution in [-0.2, 0) is 0 Å². The van der Waals surface area contributed by atoms with Crippen LogP contribution in [0.15, 0.2) is 10.2 Å². The Hall–Kier alpha value is -0.520. The number of azo groups is 1. The lowest BCUT2D eigenvalue weighted by molar-refractivity contribution is -0.557. The molecule has 0 aliphatic heterocycles. The highest BCUT2D eigenvalue weighted by molar-refractivity contribution is 6.23. The van der Waals surface area contributed by atoms with E-state index in [1.807, 2.05) is 0 Å². The van der Waals surface area contributed by atoms with Crippen molar-refractivity contribution in [1.82, 2.24) is 0 Å². The van der Waals surface area contributed by atoms with Crippen LogP contribution in [0.2, 0.25) is 0 Å². The monoisotopic (exact) mass is 368 g/mol. The van der Waals surface area contributed by atoms with Gasteiger partial charge >= 0.3 is 0 Å². The molecule has 3 aliphatic carbocycles. The molecule has 3 saturated carbocycles. The van der Waals surface area contributed by atoms with Gasteiger partial charge in [-0.2, -0.15) is 16.1 Å². The highest BCUT2D eigenvalue weighted by atomic mass is 35.5. The maximum absolute atomic E-state index is 10.6. The third kappa shape index (κ3) is 4.81. The van der Waals surface area contributed by atoms with Crippen molar-refractivity contribution in [3.8, 4) is 0 Å². The van der Waals surface area contributed by atoms with E-state index < -0.39 is 0 Å². The van der Waals surface area contributed by atoms with E-state index in [-0.39, 0.29) is 12.1 Å². The molecule has 0 aromatic carbocycles. The molecule has 5 unspecified atom stereocenters. The van der Waals surface area contributed by atoms with Crippen molar-refractivity contribution < 1.29 is 9.68 Å². The zero-order chi connectivity index (χ0) is 17.8. The number of nitrogens with two attached hydrogens (primary N) is 1. The van der Waals surface area contributed by atoms with Crippen molar-refractivity contribution >= 4 is 18.3 Å². The van der Waals surface area contributed by atoms with E-state index in [0.717, 1.165) is 51.4 Å². The topological polar surface area (TPSA) is 74.0 Å². The molecular weight excluding hydrogens is 336 g/mol. The second kappa shape index (κ2) is 8.92. The van der Waals surface area contributed by atoms with E-state index in [4.69, 9.17) is 22.4 Å². The van der Waals surface area contributed by atoms with Crippen molar-refractivity contribution in [3.63, 3.8) is 0 Å². The van der Waals surface area contributed by atoms with Gasteiger partial charge in [-0.05, 0) is 56.8 Å². The van der Waals surface area contributed by atoms with Crippen LogP contribution in [0.3, 0.4) is 0 Å². The average Bonchev–Trinajstić information content (AvgIpc) is 2.62. The molecule has 3 rings (SSSR count). The zero-order valence-corrected chi connectivity index (χ0v) is 15.9. The Morgan fingerprint density at radius 3 is 2.52 bits per heavy atom. The lowest BCUT2D eigenvalue weighted by Gasteiger charge is -2.43. The molecule has 3 fully saturated rings. The van der Waals surface area contributed by atoms with Gasteiger partial charge in [0.05, 0.1) is 18.2 Å². The molecule has 0 heterocycles. The maximum atomic E-state index is 10.6. The fourth-order valence-corrected chi connectivity index (χ4v) is 5.16. The minimum atomic E-state index is -0.354. The van der Waals surface area contributed by atoms with Gasteiger partial charge in [0.25, 0.3) is 0 Å². The smallest absolute Gasteiger partial charge is 0.149 e. The van der Waals surface area contributed by atoms with E-state index in [1.54, 1.807) is 5.88 Å². The standard InChI is InChI=1S/C19H33ClN4O/c1-24(11-10-20)16-8-2-13-3-9-18(25)19(17(13)12-16)23-22-15-6-4-14(21)5-7-15/h10,13-19,25H,1-9,11-12,21H2. The summed E-state index contributed by atoms with van der Waals surface area (Å²) < 4.78 is 2.08. The van der Waals surface area contributed by atoms with Crippen molar-refractivity contribution in [3.05, 3.63) is 5.88 Å². The fourth-order valence-electron chi connectivity index (χ4n) is 4.98. The molecule has 5 nitrogen and oxygen atoms in total. The van der Waals surface area contributed by atoms with E-state index in [0.29, 0.717) is 36.5 Å². The van der Waals surface area contributed by atoms with Crippen molar-refractivity contribution in [2.24, 2.45) is 27.8 Å². The van der Waals surface area contributed by atoms with Crippen LogP contribution in [0.5, 0.6) is 0 Å². The SMILES string of the molecule is C=[N+](C[CH-]Cl)C1CCC2CCC(O)C(N=NC3CCC(N)CC3)C2C1. The first kappa shape index (κ1) is 19.2. The molecule has 25 heavy (non-hydrogen) atoms. The van der Waals surface area contributed by atoms with Gasteiger partial charge < -0.3 is 22.4 Å². The summed E-state index contributed by atoms with van der Waals surface area (Å²) in [6, 6.07) is 0.997. The van der Waals surface area contributed by atoms with Gasteiger partial charge in [-0.15, -0.1) is 0 Å². The van der Waals surface area contributed by atoms with Gasteiger partial charge in [-0.3, -0.25) is 4.58 Å². The van der Waals surface area contributed by atoms with Crippen LogP contribution in [0.25, 0.3) is 0 Å². The Morgan fingerprint density at radius 1 is 1.08 bits per heavy atom. The molecule has 3 aliphatic rings. The Kier molecular flexibility index (Phi) is 6.86. The van der Waals surface area contributed by atoms with Crippen LogP contribution < -0.4 is 5.73 Å². The Labute approximate surface area is 156 Å². The Bertz CT molecular complexity index is 478. The van der Waals surface area contributed by atoms with E-state index in [1.165, 1.54) is 6.42 Å². The van der Waals surface area contributed by atoms with Crippen LogP contribution in [0, 0.1) is 17.7 Å². The number of halogens is 1. The van der Waals surface area contributed by atoms with E-state index in [2.05, 4.69) is 16.4 Å².